The van der Waals surface area contributed by atoms with Gasteiger partial charge in [0.15, 0.2) is 10.9 Å². The van der Waals surface area contributed by atoms with Crippen LogP contribution in [0.2, 0.25) is 0 Å². The summed E-state index contributed by atoms with van der Waals surface area (Å²) in [7, 11) is 0. The normalized spacial score (nSPS) is 11.0. The summed E-state index contributed by atoms with van der Waals surface area (Å²) in [5.74, 6) is 0.591. The summed E-state index contributed by atoms with van der Waals surface area (Å²) >= 11 is 6.86. The summed E-state index contributed by atoms with van der Waals surface area (Å²) in [6.45, 7) is 8.00. The number of aromatic nitrogens is 4. The van der Waals surface area contributed by atoms with Gasteiger partial charge in [0.1, 0.15) is 5.01 Å². The molecule has 31 heavy (non-hydrogen) atoms. The van der Waals surface area contributed by atoms with Crippen LogP contribution in [0.4, 0.5) is 5.69 Å². The Kier molecular flexibility index (Phi) is 5.79. The summed E-state index contributed by atoms with van der Waals surface area (Å²) in [4.78, 5) is 13.3. The van der Waals surface area contributed by atoms with Crippen LogP contribution in [0.5, 0.6) is 0 Å². The molecule has 0 saturated carbocycles. The SMILES string of the molecule is CCc1nnc2sc(-c3ccc(C)c(NC(=S)NC(=O)c4ccc(C)c(C)c4)c3)nn12. The number of carbonyl (C=O) groups is 1. The number of nitrogens with one attached hydrogen (secondary N) is 2. The third kappa shape index (κ3) is 4.33. The number of carbonyl (C=O) groups excluding carboxylic acids is 1. The van der Waals surface area contributed by atoms with Crippen LogP contribution in [0.3, 0.4) is 0 Å². The van der Waals surface area contributed by atoms with E-state index in [1.165, 1.54) is 11.3 Å². The van der Waals surface area contributed by atoms with Crippen LogP contribution < -0.4 is 10.6 Å². The van der Waals surface area contributed by atoms with Gasteiger partial charge in [0, 0.05) is 23.2 Å². The Morgan fingerprint density at radius 3 is 2.58 bits per heavy atom. The molecule has 0 atom stereocenters. The van der Waals surface area contributed by atoms with Crippen molar-refractivity contribution in [2.75, 3.05) is 5.32 Å². The van der Waals surface area contributed by atoms with E-state index in [0.29, 0.717) is 5.56 Å². The maximum absolute atomic E-state index is 12.5. The monoisotopic (exact) mass is 450 g/mol. The van der Waals surface area contributed by atoms with E-state index in [2.05, 4.69) is 25.9 Å². The molecule has 4 rings (SSSR count). The zero-order valence-electron chi connectivity index (χ0n) is 17.7. The van der Waals surface area contributed by atoms with E-state index in [1.54, 1.807) is 10.6 Å². The molecule has 0 unspecified atom stereocenters. The third-order valence-corrected chi connectivity index (χ3v) is 6.25. The van der Waals surface area contributed by atoms with Gasteiger partial charge in [0.2, 0.25) is 4.96 Å². The molecule has 0 fully saturated rings. The highest BCUT2D eigenvalue weighted by molar-refractivity contribution is 7.80. The number of nitrogens with zero attached hydrogens (tertiary/aromatic N) is 4. The topological polar surface area (TPSA) is 84.2 Å². The average Bonchev–Trinajstić information content (AvgIpc) is 3.32. The maximum Gasteiger partial charge on any atom is 0.257 e. The van der Waals surface area contributed by atoms with Crippen LogP contribution in [0.1, 0.15) is 39.8 Å². The molecule has 4 aromatic rings. The standard InChI is InChI=1S/C22H22N6OS2/c1-5-18-25-26-22-28(18)27-20(31-22)16-9-7-13(3)17(11-16)23-21(30)24-19(29)15-8-6-12(2)14(4)10-15/h6-11H,5H2,1-4H3,(H2,23,24,29,30). The number of hydrogen-bond acceptors (Lipinski definition) is 6. The summed E-state index contributed by atoms with van der Waals surface area (Å²) in [6.07, 6.45) is 0.763. The third-order valence-electron chi connectivity index (χ3n) is 5.10. The minimum absolute atomic E-state index is 0.241. The lowest BCUT2D eigenvalue weighted by atomic mass is 10.1. The van der Waals surface area contributed by atoms with Gasteiger partial charge in [0.25, 0.3) is 5.91 Å². The molecular formula is C22H22N6OS2. The lowest BCUT2D eigenvalue weighted by Crippen LogP contribution is -2.34. The molecule has 0 aliphatic carbocycles. The number of aryl methyl sites for hydroxylation is 4. The second kappa shape index (κ2) is 8.52. The molecule has 0 saturated heterocycles. The molecule has 0 radical (unpaired) electrons. The smallest absolute Gasteiger partial charge is 0.257 e. The molecule has 0 aliphatic heterocycles. The Labute approximate surface area is 189 Å². The zero-order valence-corrected chi connectivity index (χ0v) is 19.3. The van der Waals surface area contributed by atoms with Crippen LogP contribution in [0, 0.1) is 20.8 Å². The van der Waals surface area contributed by atoms with Crippen LogP contribution in [-0.4, -0.2) is 30.8 Å². The first-order valence-electron chi connectivity index (χ1n) is 9.87. The van der Waals surface area contributed by atoms with Crippen molar-refractivity contribution in [1.82, 2.24) is 25.1 Å². The van der Waals surface area contributed by atoms with Crippen molar-refractivity contribution in [3.8, 4) is 10.6 Å². The van der Waals surface area contributed by atoms with Crippen LogP contribution in [-0.2, 0) is 6.42 Å². The van der Waals surface area contributed by atoms with Gasteiger partial charge in [-0.3, -0.25) is 10.1 Å². The summed E-state index contributed by atoms with van der Waals surface area (Å²) in [6, 6.07) is 11.6. The Morgan fingerprint density at radius 1 is 1.06 bits per heavy atom. The molecular weight excluding hydrogens is 428 g/mol. The molecule has 2 N–H and O–H groups in total. The van der Waals surface area contributed by atoms with Gasteiger partial charge >= 0.3 is 0 Å². The molecule has 2 heterocycles. The second-order valence-corrected chi connectivity index (χ2v) is 8.67. The number of amides is 1. The first-order valence-corrected chi connectivity index (χ1v) is 11.1. The van der Waals surface area contributed by atoms with E-state index in [1.807, 2.05) is 58.0 Å². The number of hydrogen-bond donors (Lipinski definition) is 2. The lowest BCUT2D eigenvalue weighted by Gasteiger charge is -2.13. The number of rotatable bonds is 4. The van der Waals surface area contributed by atoms with Crippen LogP contribution >= 0.6 is 23.6 Å². The number of fused-ring (bicyclic) bond motifs is 1. The fraction of sp³-hybridized carbons (Fsp3) is 0.227. The molecule has 1 amide bonds. The minimum atomic E-state index is -0.241. The van der Waals surface area contributed by atoms with E-state index >= 15 is 0 Å². The predicted octanol–water partition coefficient (Wildman–Crippen LogP) is 4.47. The summed E-state index contributed by atoms with van der Waals surface area (Å²) in [5, 5.41) is 19.9. The Balaban J connectivity index is 1.52. The van der Waals surface area contributed by atoms with E-state index in [0.717, 1.165) is 50.2 Å². The minimum Gasteiger partial charge on any atom is -0.332 e. The average molecular weight is 451 g/mol. The van der Waals surface area contributed by atoms with Crippen LogP contribution in [0.25, 0.3) is 15.5 Å². The summed E-state index contributed by atoms with van der Waals surface area (Å²) in [5.41, 5.74) is 5.53. The van der Waals surface area contributed by atoms with Gasteiger partial charge in [-0.2, -0.15) is 9.61 Å². The maximum atomic E-state index is 12.5. The Morgan fingerprint density at radius 2 is 1.84 bits per heavy atom. The van der Waals surface area contributed by atoms with Crippen molar-refractivity contribution in [3.63, 3.8) is 0 Å². The molecule has 2 aromatic heterocycles. The van der Waals surface area contributed by atoms with Crippen molar-refractivity contribution < 1.29 is 4.79 Å². The fourth-order valence-electron chi connectivity index (χ4n) is 3.10. The number of thiocarbonyl (C=S) groups is 1. The van der Waals surface area contributed by atoms with E-state index < -0.39 is 0 Å². The molecule has 9 heteroatoms. The van der Waals surface area contributed by atoms with Crippen molar-refractivity contribution in [2.24, 2.45) is 0 Å². The molecule has 0 aliphatic rings. The first kappa shape index (κ1) is 21.1. The molecule has 2 aromatic carbocycles. The van der Waals surface area contributed by atoms with Crippen molar-refractivity contribution in [3.05, 3.63) is 64.5 Å². The van der Waals surface area contributed by atoms with E-state index in [9.17, 15) is 4.79 Å². The van der Waals surface area contributed by atoms with Gasteiger partial charge in [0.05, 0.1) is 0 Å². The lowest BCUT2D eigenvalue weighted by molar-refractivity contribution is 0.0977. The second-order valence-electron chi connectivity index (χ2n) is 7.31. The van der Waals surface area contributed by atoms with E-state index in [4.69, 9.17) is 12.2 Å². The largest absolute Gasteiger partial charge is 0.332 e. The number of benzene rings is 2. The highest BCUT2D eigenvalue weighted by Gasteiger charge is 2.14. The quantitative estimate of drug-likeness (QED) is 0.447. The van der Waals surface area contributed by atoms with Crippen molar-refractivity contribution in [2.45, 2.75) is 34.1 Å². The molecule has 7 nitrogen and oxygen atoms in total. The predicted molar refractivity (Wildman–Crippen MR) is 128 cm³/mol. The van der Waals surface area contributed by atoms with Gasteiger partial charge in [-0.15, -0.1) is 10.2 Å². The summed E-state index contributed by atoms with van der Waals surface area (Å²) < 4.78 is 1.78. The van der Waals surface area contributed by atoms with Crippen molar-refractivity contribution >= 4 is 45.2 Å². The highest BCUT2D eigenvalue weighted by Crippen LogP contribution is 2.29. The molecule has 0 bridgehead atoms. The molecule has 0 spiro atoms. The van der Waals surface area contributed by atoms with Gasteiger partial charge < -0.3 is 5.32 Å². The van der Waals surface area contributed by atoms with Gasteiger partial charge in [-0.25, -0.2) is 0 Å². The van der Waals surface area contributed by atoms with Gasteiger partial charge in [-0.1, -0.05) is 36.5 Å². The first-order chi connectivity index (χ1) is 14.9. The van der Waals surface area contributed by atoms with Crippen molar-refractivity contribution in [1.29, 1.82) is 0 Å². The highest BCUT2D eigenvalue weighted by atomic mass is 32.1. The van der Waals surface area contributed by atoms with Gasteiger partial charge in [-0.05, 0) is 67.9 Å². The van der Waals surface area contributed by atoms with Crippen LogP contribution in [0.15, 0.2) is 36.4 Å². The Bertz CT molecular complexity index is 1310. The fourth-order valence-corrected chi connectivity index (χ4v) is 4.15. The zero-order chi connectivity index (χ0) is 22.1. The van der Waals surface area contributed by atoms with E-state index in [-0.39, 0.29) is 11.0 Å². The molecule has 158 valence electrons. The number of anilines is 1. The Hall–Kier alpha value is -3.17.